The minimum atomic E-state index is -1.03. The minimum Gasteiger partial charge on any atom is -0.480 e. The molecule has 0 spiro atoms. The number of likely N-dealkylation sites (N-methyl/N-ethyl adjacent to an activating group) is 1. The number of amides is 4. The van der Waals surface area contributed by atoms with Crippen LogP contribution >= 0.6 is 0 Å². The Bertz CT molecular complexity index is 1240. The fourth-order valence-electron chi connectivity index (χ4n) is 5.86. The standard InChI is InChI=1S/C29H51N7O5.C4H7NO3.C3H8/c1-9-19(4)26(23(40-7)15-24(37)36-14-10-11-22(36)27(41-8)18(2)3)35(6)25(38)17-33-29-32-16-21(20(5)34-29)28(39)31-13-12-30;1-3(4(7)8)5-2-6;1-3-2/h16,18-19,22-23,26-27H,9-15,17,30H2,1-8H3,(H,31,39)(H,32,33,34);2-3H,1H3,(H,5,6)(H,7,8);3H2,1-2H3/t;3-;/m.0./s1. The van der Waals surface area contributed by atoms with Gasteiger partial charge in [0.05, 0.1) is 48.5 Å². The number of nitrogens with two attached hydrogens (primary N) is 1. The van der Waals surface area contributed by atoms with Gasteiger partial charge in [-0.3, -0.25) is 24.0 Å². The molecule has 16 nitrogen and oxygen atoms in total. The van der Waals surface area contributed by atoms with E-state index in [-0.39, 0.29) is 66.7 Å². The molecule has 0 aromatic carbocycles. The van der Waals surface area contributed by atoms with Crippen molar-refractivity contribution in [1.82, 2.24) is 30.4 Å². The monoisotopic (exact) mass is 739 g/mol. The highest BCUT2D eigenvalue weighted by Crippen LogP contribution is 2.29. The smallest absolute Gasteiger partial charge is 0.325 e. The topological polar surface area (TPSA) is 218 Å². The summed E-state index contributed by atoms with van der Waals surface area (Å²) in [5.74, 6) is -0.869. The second kappa shape index (κ2) is 26.0. The van der Waals surface area contributed by atoms with Gasteiger partial charge in [0.15, 0.2) is 0 Å². The van der Waals surface area contributed by atoms with Gasteiger partial charge in [-0.25, -0.2) is 9.97 Å². The van der Waals surface area contributed by atoms with E-state index >= 15 is 0 Å². The number of carbonyl (C=O) groups is 5. The van der Waals surface area contributed by atoms with E-state index in [1.807, 2.05) is 4.90 Å². The van der Waals surface area contributed by atoms with Crippen molar-refractivity contribution >= 4 is 36.0 Å². The summed E-state index contributed by atoms with van der Waals surface area (Å²) in [6.07, 6.45) is 5.39. The SMILES string of the molecule is CCC.CCC(C)C(C(CC(=O)N1CCCC1C(OC)C(C)C)OC)N(C)C(=O)CNc1ncc(C(=O)NCCN)c(C)n1.C[C@H](NC=O)C(=O)O. The molecule has 298 valence electrons. The number of hydrogen-bond donors (Lipinski definition) is 5. The number of nitrogens with zero attached hydrogens (tertiary/aromatic N) is 4. The molecule has 52 heavy (non-hydrogen) atoms. The van der Waals surface area contributed by atoms with E-state index in [1.54, 1.807) is 33.1 Å². The highest BCUT2D eigenvalue weighted by Gasteiger charge is 2.39. The molecule has 0 aliphatic carbocycles. The van der Waals surface area contributed by atoms with Gasteiger partial charge in [-0.15, -0.1) is 0 Å². The van der Waals surface area contributed by atoms with Crippen molar-refractivity contribution in [2.24, 2.45) is 17.6 Å². The van der Waals surface area contributed by atoms with Crippen LogP contribution in [-0.2, 0) is 28.7 Å². The van der Waals surface area contributed by atoms with E-state index < -0.39 is 18.1 Å². The average Bonchev–Trinajstić information content (AvgIpc) is 3.59. The fourth-order valence-corrected chi connectivity index (χ4v) is 5.86. The first-order valence-corrected chi connectivity index (χ1v) is 18.2. The Kier molecular flexibility index (Phi) is 24.0. The van der Waals surface area contributed by atoms with E-state index in [4.69, 9.17) is 20.3 Å². The molecule has 2 rings (SSSR count). The van der Waals surface area contributed by atoms with E-state index in [2.05, 4.69) is 67.5 Å². The maximum absolute atomic E-state index is 13.6. The number of anilines is 1. The van der Waals surface area contributed by atoms with Crippen molar-refractivity contribution in [3.05, 3.63) is 17.5 Å². The third kappa shape index (κ3) is 15.8. The van der Waals surface area contributed by atoms with Gasteiger partial charge < -0.3 is 46.1 Å². The molecule has 1 aliphatic heterocycles. The molecule has 5 unspecified atom stereocenters. The van der Waals surface area contributed by atoms with Gasteiger partial charge in [-0.1, -0.05) is 54.4 Å². The fraction of sp³-hybridized carbons (Fsp3) is 0.750. The van der Waals surface area contributed by atoms with Crippen molar-refractivity contribution in [1.29, 1.82) is 0 Å². The molecule has 0 radical (unpaired) electrons. The molecule has 1 fully saturated rings. The molecule has 6 N–H and O–H groups in total. The van der Waals surface area contributed by atoms with Crippen LogP contribution in [0.25, 0.3) is 0 Å². The van der Waals surface area contributed by atoms with E-state index in [0.717, 1.165) is 19.3 Å². The normalized spacial score (nSPS) is 16.5. The maximum atomic E-state index is 13.6. The summed E-state index contributed by atoms with van der Waals surface area (Å²) < 4.78 is 11.7. The van der Waals surface area contributed by atoms with Crippen LogP contribution in [0.3, 0.4) is 0 Å². The molecule has 4 amide bonds. The van der Waals surface area contributed by atoms with Gasteiger partial charge in [-0.05, 0) is 38.5 Å². The second-order valence-electron chi connectivity index (χ2n) is 13.2. The summed E-state index contributed by atoms with van der Waals surface area (Å²) in [6.45, 7) is 17.0. The zero-order chi connectivity index (χ0) is 40.0. The predicted octanol–water partition coefficient (Wildman–Crippen LogP) is 2.45. The number of carbonyl (C=O) groups excluding carboxylic acids is 4. The molecule has 16 heteroatoms. The lowest BCUT2D eigenvalue weighted by molar-refractivity contribution is -0.143. The Morgan fingerprint density at radius 1 is 1.13 bits per heavy atom. The molecule has 6 atom stereocenters. The Balaban J connectivity index is 0.00000205. The summed E-state index contributed by atoms with van der Waals surface area (Å²) >= 11 is 0. The predicted molar refractivity (Wildman–Crippen MR) is 201 cm³/mol. The molecule has 1 aromatic rings. The Hall–Kier alpha value is -3.89. The summed E-state index contributed by atoms with van der Waals surface area (Å²) in [5.41, 5.74) is 6.28. The van der Waals surface area contributed by atoms with Crippen LogP contribution in [-0.4, -0.2) is 133 Å². The largest absolute Gasteiger partial charge is 0.480 e. The number of hydrogen-bond acceptors (Lipinski definition) is 11. The van der Waals surface area contributed by atoms with Crippen LogP contribution in [0.15, 0.2) is 6.20 Å². The first-order chi connectivity index (χ1) is 24.6. The van der Waals surface area contributed by atoms with Gasteiger partial charge in [0.25, 0.3) is 5.91 Å². The van der Waals surface area contributed by atoms with Crippen LogP contribution in [0.1, 0.15) is 96.6 Å². The number of likely N-dealkylation sites (tertiary alicyclic amines) is 1. The zero-order valence-electron chi connectivity index (χ0n) is 33.2. The van der Waals surface area contributed by atoms with Crippen molar-refractivity contribution < 1.29 is 38.6 Å². The van der Waals surface area contributed by atoms with Crippen molar-refractivity contribution in [2.45, 2.75) is 118 Å². The van der Waals surface area contributed by atoms with Crippen LogP contribution in [0.4, 0.5) is 5.95 Å². The lowest BCUT2D eigenvalue weighted by Crippen LogP contribution is -2.53. The third-order valence-electron chi connectivity index (χ3n) is 8.80. The number of carboxylic acids is 1. The lowest BCUT2D eigenvalue weighted by Gasteiger charge is -2.39. The summed E-state index contributed by atoms with van der Waals surface area (Å²) in [7, 11) is 5.05. The molecular formula is C36H66N8O8. The van der Waals surface area contributed by atoms with Gasteiger partial charge in [0.1, 0.15) is 6.04 Å². The summed E-state index contributed by atoms with van der Waals surface area (Å²) in [4.78, 5) is 70.7. The molecule has 2 heterocycles. The minimum absolute atomic E-state index is 0.0220. The number of aliphatic carboxylic acids is 1. The van der Waals surface area contributed by atoms with Crippen LogP contribution in [0.2, 0.25) is 0 Å². The van der Waals surface area contributed by atoms with E-state index in [1.165, 1.54) is 19.5 Å². The Labute approximate surface area is 310 Å². The van der Waals surface area contributed by atoms with Crippen LogP contribution < -0.4 is 21.7 Å². The highest BCUT2D eigenvalue weighted by molar-refractivity contribution is 5.95. The molecule has 0 saturated carbocycles. The number of rotatable bonds is 19. The van der Waals surface area contributed by atoms with Crippen LogP contribution in [0.5, 0.6) is 0 Å². The average molecular weight is 739 g/mol. The lowest BCUT2D eigenvalue weighted by atomic mass is 9.90. The molecule has 1 aliphatic rings. The van der Waals surface area contributed by atoms with Gasteiger partial charge in [0.2, 0.25) is 24.2 Å². The number of nitrogens with one attached hydrogen (secondary N) is 3. The van der Waals surface area contributed by atoms with Crippen molar-refractivity contribution in [2.75, 3.05) is 52.8 Å². The molecule has 1 aromatic heterocycles. The Morgan fingerprint density at radius 3 is 2.23 bits per heavy atom. The quantitative estimate of drug-likeness (QED) is 0.129. The third-order valence-corrected chi connectivity index (χ3v) is 8.80. The van der Waals surface area contributed by atoms with Gasteiger partial charge >= 0.3 is 5.97 Å². The van der Waals surface area contributed by atoms with Crippen LogP contribution in [0, 0.1) is 18.8 Å². The van der Waals surface area contributed by atoms with Gasteiger partial charge in [-0.2, -0.15) is 0 Å². The summed E-state index contributed by atoms with van der Waals surface area (Å²) in [6, 6.07) is -1.06. The number of methoxy groups -OCH3 is 2. The van der Waals surface area contributed by atoms with Gasteiger partial charge in [0, 0.05) is 47.1 Å². The molecule has 1 saturated heterocycles. The molecule has 0 bridgehead atoms. The first kappa shape index (κ1) is 48.1. The Morgan fingerprint density at radius 2 is 1.77 bits per heavy atom. The number of aryl methyl sites for hydroxylation is 1. The van der Waals surface area contributed by atoms with E-state index in [0.29, 0.717) is 37.3 Å². The van der Waals surface area contributed by atoms with Crippen molar-refractivity contribution in [3.63, 3.8) is 0 Å². The molecular weight excluding hydrogens is 672 g/mol. The number of ether oxygens (including phenoxy) is 2. The number of carboxylic acid groups (broad SMARTS) is 1. The zero-order valence-corrected chi connectivity index (χ0v) is 33.2. The van der Waals surface area contributed by atoms with Crippen molar-refractivity contribution in [3.8, 4) is 0 Å². The maximum Gasteiger partial charge on any atom is 0.325 e. The van der Waals surface area contributed by atoms with E-state index in [9.17, 15) is 24.0 Å². The first-order valence-electron chi connectivity index (χ1n) is 18.2. The second-order valence-corrected chi connectivity index (χ2v) is 13.2. The highest BCUT2D eigenvalue weighted by atomic mass is 16.5. The summed E-state index contributed by atoms with van der Waals surface area (Å²) in [5, 5.41) is 15.8. The number of aromatic nitrogens is 2.